The predicted octanol–water partition coefficient (Wildman–Crippen LogP) is 3.45. The van der Waals surface area contributed by atoms with Crippen LogP contribution in [0.25, 0.3) is 0 Å². The summed E-state index contributed by atoms with van der Waals surface area (Å²) in [5.41, 5.74) is 0.633. The maximum absolute atomic E-state index is 11.9. The van der Waals surface area contributed by atoms with Gasteiger partial charge in [0.1, 0.15) is 5.75 Å². The molecule has 1 aliphatic rings. The van der Waals surface area contributed by atoms with Gasteiger partial charge in [-0.15, -0.1) is 0 Å². The van der Waals surface area contributed by atoms with Gasteiger partial charge in [-0.1, -0.05) is 31.7 Å². The summed E-state index contributed by atoms with van der Waals surface area (Å²) in [5, 5.41) is 11.4. The van der Waals surface area contributed by atoms with Crippen LogP contribution in [-0.2, 0) is 9.59 Å². The Bertz CT molecular complexity index is 509. The number of benzene rings is 1. The number of ether oxygens (including phenoxy) is 1. The maximum Gasteiger partial charge on any atom is 0.341 e. The minimum absolute atomic E-state index is 0.00613. The number of aliphatic carboxylic acids is 1. The molecule has 2 N–H and O–H groups in total. The molecule has 0 heterocycles. The molecule has 120 valence electrons. The van der Waals surface area contributed by atoms with E-state index in [0.717, 1.165) is 18.8 Å². The lowest BCUT2D eigenvalue weighted by atomic mass is 10.0. The third-order valence-corrected chi connectivity index (χ3v) is 3.97. The molecule has 0 unspecified atom stereocenters. The Morgan fingerprint density at radius 2 is 2.05 bits per heavy atom. The number of carbonyl (C=O) groups is 2. The van der Waals surface area contributed by atoms with Crippen LogP contribution in [0.5, 0.6) is 5.75 Å². The van der Waals surface area contributed by atoms with E-state index in [1.807, 2.05) is 0 Å². The van der Waals surface area contributed by atoms with Crippen molar-refractivity contribution in [2.45, 2.75) is 44.9 Å². The lowest BCUT2D eigenvalue weighted by Gasteiger charge is -2.10. The van der Waals surface area contributed by atoms with Crippen LogP contribution < -0.4 is 10.1 Å². The molecule has 22 heavy (non-hydrogen) atoms. The van der Waals surface area contributed by atoms with Crippen molar-refractivity contribution in [2.75, 3.05) is 11.9 Å². The van der Waals surface area contributed by atoms with E-state index in [4.69, 9.17) is 9.84 Å². The molecule has 0 atom stereocenters. The van der Waals surface area contributed by atoms with Gasteiger partial charge in [-0.05, 0) is 30.9 Å². The number of rotatable bonds is 8. The minimum Gasteiger partial charge on any atom is -0.482 e. The van der Waals surface area contributed by atoms with Gasteiger partial charge in [-0.2, -0.15) is 0 Å². The van der Waals surface area contributed by atoms with Crippen molar-refractivity contribution >= 4 is 17.6 Å². The first kappa shape index (κ1) is 16.3. The van der Waals surface area contributed by atoms with Crippen molar-refractivity contribution in [3.8, 4) is 5.75 Å². The quantitative estimate of drug-likeness (QED) is 0.771. The van der Waals surface area contributed by atoms with Crippen LogP contribution in [0, 0.1) is 5.92 Å². The van der Waals surface area contributed by atoms with Crippen molar-refractivity contribution in [3.05, 3.63) is 24.3 Å². The lowest BCUT2D eigenvalue weighted by Crippen LogP contribution is -2.12. The van der Waals surface area contributed by atoms with Gasteiger partial charge < -0.3 is 15.2 Å². The fourth-order valence-corrected chi connectivity index (χ4v) is 2.88. The van der Waals surface area contributed by atoms with E-state index < -0.39 is 12.6 Å². The average molecular weight is 305 g/mol. The monoisotopic (exact) mass is 305 g/mol. The fourth-order valence-electron chi connectivity index (χ4n) is 2.88. The van der Waals surface area contributed by atoms with Crippen LogP contribution in [0.15, 0.2) is 24.3 Å². The standard InChI is InChI=1S/C17H23NO4/c19-16(10-3-7-13-5-1-2-6-13)18-14-8-4-9-15(11-14)22-12-17(20)21/h4,8-9,11,13H,1-3,5-7,10,12H2,(H,18,19)(H,20,21). The summed E-state index contributed by atoms with van der Waals surface area (Å²) in [6, 6.07) is 6.80. The second-order valence-electron chi connectivity index (χ2n) is 5.80. The molecule has 0 radical (unpaired) electrons. The van der Waals surface area contributed by atoms with Gasteiger partial charge in [0.15, 0.2) is 6.61 Å². The normalized spacial score (nSPS) is 14.7. The first-order valence-electron chi connectivity index (χ1n) is 7.88. The van der Waals surface area contributed by atoms with Crippen LogP contribution in [0.3, 0.4) is 0 Å². The second-order valence-corrected chi connectivity index (χ2v) is 5.80. The van der Waals surface area contributed by atoms with Crippen molar-refractivity contribution in [1.82, 2.24) is 0 Å². The molecule has 0 bridgehead atoms. The summed E-state index contributed by atoms with van der Waals surface area (Å²) >= 11 is 0. The molecule has 2 rings (SSSR count). The number of carbonyl (C=O) groups excluding carboxylic acids is 1. The number of hydrogen-bond donors (Lipinski definition) is 2. The van der Waals surface area contributed by atoms with Crippen LogP contribution >= 0.6 is 0 Å². The van der Waals surface area contributed by atoms with Crippen molar-refractivity contribution in [1.29, 1.82) is 0 Å². The molecule has 0 saturated heterocycles. The number of hydrogen-bond acceptors (Lipinski definition) is 3. The Morgan fingerprint density at radius 3 is 2.77 bits per heavy atom. The number of anilines is 1. The maximum atomic E-state index is 11.9. The lowest BCUT2D eigenvalue weighted by molar-refractivity contribution is -0.139. The summed E-state index contributed by atoms with van der Waals surface area (Å²) in [6.07, 6.45) is 7.87. The third-order valence-electron chi connectivity index (χ3n) is 3.97. The molecule has 0 aliphatic heterocycles. The van der Waals surface area contributed by atoms with Crippen LogP contribution in [0.2, 0.25) is 0 Å². The van der Waals surface area contributed by atoms with E-state index in [1.165, 1.54) is 25.7 Å². The minimum atomic E-state index is -1.03. The SMILES string of the molecule is O=C(O)COc1cccc(NC(=O)CCCC2CCCC2)c1. The number of nitrogens with one attached hydrogen (secondary N) is 1. The smallest absolute Gasteiger partial charge is 0.341 e. The largest absolute Gasteiger partial charge is 0.482 e. The van der Waals surface area contributed by atoms with Crippen molar-refractivity contribution in [2.24, 2.45) is 5.92 Å². The van der Waals surface area contributed by atoms with Crippen LogP contribution in [0.4, 0.5) is 5.69 Å². The highest BCUT2D eigenvalue weighted by atomic mass is 16.5. The zero-order chi connectivity index (χ0) is 15.8. The predicted molar refractivity (Wildman–Crippen MR) is 84.0 cm³/mol. The summed E-state index contributed by atoms with van der Waals surface area (Å²) < 4.78 is 5.09. The molecule has 1 aromatic rings. The summed E-state index contributed by atoms with van der Waals surface area (Å²) in [5.74, 6) is 0.210. The highest BCUT2D eigenvalue weighted by Crippen LogP contribution is 2.29. The highest BCUT2D eigenvalue weighted by Gasteiger charge is 2.15. The van der Waals surface area contributed by atoms with Gasteiger partial charge in [0.05, 0.1) is 0 Å². The summed E-state index contributed by atoms with van der Waals surface area (Å²) in [7, 11) is 0. The van der Waals surface area contributed by atoms with Gasteiger partial charge in [0.2, 0.25) is 5.91 Å². The van der Waals surface area contributed by atoms with Crippen LogP contribution in [-0.4, -0.2) is 23.6 Å². The Morgan fingerprint density at radius 1 is 1.27 bits per heavy atom. The topological polar surface area (TPSA) is 75.6 Å². The van der Waals surface area contributed by atoms with E-state index in [1.54, 1.807) is 24.3 Å². The molecule has 1 aromatic carbocycles. The Balaban J connectivity index is 1.73. The van der Waals surface area contributed by atoms with E-state index in [-0.39, 0.29) is 5.91 Å². The number of amides is 1. The number of carboxylic acids is 1. The first-order valence-corrected chi connectivity index (χ1v) is 7.88. The Kier molecular flexibility index (Phi) is 6.25. The van der Waals surface area contributed by atoms with Gasteiger partial charge in [-0.25, -0.2) is 4.79 Å². The zero-order valence-electron chi connectivity index (χ0n) is 12.7. The van der Waals surface area contributed by atoms with E-state index in [9.17, 15) is 9.59 Å². The third kappa shape index (κ3) is 5.76. The fraction of sp³-hybridized carbons (Fsp3) is 0.529. The van der Waals surface area contributed by atoms with E-state index in [0.29, 0.717) is 17.9 Å². The molecular formula is C17H23NO4. The van der Waals surface area contributed by atoms with E-state index in [2.05, 4.69) is 5.32 Å². The van der Waals surface area contributed by atoms with Gasteiger partial charge in [0.25, 0.3) is 0 Å². The molecular weight excluding hydrogens is 282 g/mol. The van der Waals surface area contributed by atoms with E-state index >= 15 is 0 Å². The number of carboxylic acid groups (broad SMARTS) is 1. The van der Waals surface area contributed by atoms with Gasteiger partial charge in [0, 0.05) is 18.2 Å². The average Bonchev–Trinajstić information content (AvgIpc) is 2.99. The molecule has 1 fully saturated rings. The second kappa shape index (κ2) is 8.41. The van der Waals surface area contributed by atoms with Crippen molar-refractivity contribution < 1.29 is 19.4 Å². The summed E-state index contributed by atoms with van der Waals surface area (Å²) in [4.78, 5) is 22.4. The molecule has 5 nitrogen and oxygen atoms in total. The Labute approximate surface area is 130 Å². The van der Waals surface area contributed by atoms with Gasteiger partial charge in [-0.3, -0.25) is 4.79 Å². The Hall–Kier alpha value is -2.04. The summed E-state index contributed by atoms with van der Waals surface area (Å²) in [6.45, 7) is -0.390. The first-order chi connectivity index (χ1) is 10.6. The van der Waals surface area contributed by atoms with Gasteiger partial charge >= 0.3 is 5.97 Å². The molecule has 0 spiro atoms. The zero-order valence-corrected chi connectivity index (χ0v) is 12.7. The van der Waals surface area contributed by atoms with Crippen molar-refractivity contribution in [3.63, 3.8) is 0 Å². The molecule has 0 aromatic heterocycles. The molecule has 1 amide bonds. The van der Waals surface area contributed by atoms with Crippen LogP contribution in [0.1, 0.15) is 44.9 Å². The molecule has 1 aliphatic carbocycles. The molecule has 5 heteroatoms. The highest BCUT2D eigenvalue weighted by molar-refractivity contribution is 5.90. The molecule has 1 saturated carbocycles.